The third-order valence-corrected chi connectivity index (χ3v) is 4.26. The van der Waals surface area contributed by atoms with Gasteiger partial charge in [-0.3, -0.25) is 9.89 Å². The molecule has 0 spiro atoms. The zero-order valence-electron chi connectivity index (χ0n) is 15.4. The maximum atomic E-state index is 13.5. The van der Waals surface area contributed by atoms with E-state index < -0.39 is 11.6 Å². The van der Waals surface area contributed by atoms with Gasteiger partial charge in [-0.2, -0.15) is 0 Å². The molecular weight excluding hydrogens is 453 g/mol. The number of hydrogen-bond donors (Lipinski definition) is 2. The van der Waals surface area contributed by atoms with Gasteiger partial charge in [0, 0.05) is 18.7 Å². The molecule has 1 fully saturated rings. The number of guanidine groups is 1. The molecule has 1 aromatic rings. The van der Waals surface area contributed by atoms with Gasteiger partial charge in [0.1, 0.15) is 12.4 Å². The quantitative estimate of drug-likeness (QED) is 0.259. The summed E-state index contributed by atoms with van der Waals surface area (Å²) in [5.74, 6) is -0.526. The minimum absolute atomic E-state index is 0. The van der Waals surface area contributed by atoms with E-state index in [1.54, 1.807) is 0 Å². The number of aliphatic imine (C=N–C) groups is 1. The second-order valence-corrected chi connectivity index (χ2v) is 5.99. The summed E-state index contributed by atoms with van der Waals surface area (Å²) in [6.07, 6.45) is 2.42. The van der Waals surface area contributed by atoms with Crippen LogP contribution in [0.1, 0.15) is 26.7 Å². The number of hydrogen-bond acceptors (Lipinski definition) is 3. The number of halogens is 3. The van der Waals surface area contributed by atoms with Gasteiger partial charge in [0.25, 0.3) is 0 Å². The predicted molar refractivity (Wildman–Crippen MR) is 112 cm³/mol. The van der Waals surface area contributed by atoms with Gasteiger partial charge in [-0.05, 0) is 45.0 Å². The van der Waals surface area contributed by atoms with Crippen molar-refractivity contribution < 1.29 is 13.5 Å². The van der Waals surface area contributed by atoms with Gasteiger partial charge in [-0.25, -0.2) is 8.78 Å². The molecule has 1 aliphatic rings. The monoisotopic (exact) mass is 482 g/mol. The molecule has 1 atom stereocenters. The van der Waals surface area contributed by atoms with E-state index in [2.05, 4.69) is 27.4 Å². The van der Waals surface area contributed by atoms with E-state index in [9.17, 15) is 8.78 Å². The third-order valence-electron chi connectivity index (χ3n) is 4.26. The predicted octanol–water partition coefficient (Wildman–Crippen LogP) is 3.00. The zero-order chi connectivity index (χ0) is 18.1. The molecule has 0 bridgehead atoms. The lowest BCUT2D eigenvalue weighted by molar-refractivity contribution is 0.272. The Morgan fingerprint density at radius 2 is 2.12 bits per heavy atom. The first kappa shape index (κ1) is 22.9. The average molecular weight is 482 g/mol. The summed E-state index contributed by atoms with van der Waals surface area (Å²) in [4.78, 5) is 7.09. The Morgan fingerprint density at radius 1 is 1.31 bits per heavy atom. The van der Waals surface area contributed by atoms with Crippen LogP contribution in [0.4, 0.5) is 8.78 Å². The lowest BCUT2D eigenvalue weighted by atomic mass is 10.2. The molecule has 0 amide bonds. The Balaban J connectivity index is 0.00000338. The Morgan fingerprint density at radius 3 is 2.81 bits per heavy atom. The highest BCUT2D eigenvalue weighted by Crippen LogP contribution is 2.17. The van der Waals surface area contributed by atoms with Gasteiger partial charge in [-0.15, -0.1) is 24.0 Å². The van der Waals surface area contributed by atoms with E-state index in [0.29, 0.717) is 12.6 Å². The number of nitrogens with one attached hydrogen (secondary N) is 2. The number of rotatable bonds is 8. The van der Waals surface area contributed by atoms with Crippen LogP contribution in [0, 0.1) is 11.6 Å². The normalized spacial score (nSPS) is 17.7. The molecule has 1 unspecified atom stereocenters. The minimum atomic E-state index is -0.693. The number of likely N-dealkylation sites (tertiary alicyclic amines) is 1. The summed E-state index contributed by atoms with van der Waals surface area (Å²) < 4.78 is 31.7. The first-order chi connectivity index (χ1) is 12.1. The second-order valence-electron chi connectivity index (χ2n) is 5.99. The van der Waals surface area contributed by atoms with E-state index in [1.165, 1.54) is 25.0 Å². The maximum Gasteiger partial charge on any atom is 0.191 e. The minimum Gasteiger partial charge on any atom is -0.489 e. The first-order valence-electron chi connectivity index (χ1n) is 8.98. The van der Waals surface area contributed by atoms with Crippen molar-refractivity contribution in [3.05, 3.63) is 29.8 Å². The first-order valence-corrected chi connectivity index (χ1v) is 8.98. The molecule has 1 aromatic carbocycles. The molecule has 0 saturated carbocycles. The number of nitrogens with zero attached hydrogens (tertiary/aromatic N) is 2. The summed E-state index contributed by atoms with van der Waals surface area (Å²) in [6.45, 7) is 8.66. The van der Waals surface area contributed by atoms with Crippen LogP contribution in [-0.2, 0) is 0 Å². The zero-order valence-corrected chi connectivity index (χ0v) is 17.8. The number of benzene rings is 1. The molecule has 0 aliphatic carbocycles. The smallest absolute Gasteiger partial charge is 0.191 e. The second kappa shape index (κ2) is 12.3. The summed E-state index contributed by atoms with van der Waals surface area (Å²) in [5.41, 5.74) is 0. The van der Waals surface area contributed by atoms with Gasteiger partial charge in [-0.1, -0.05) is 6.92 Å². The van der Waals surface area contributed by atoms with Crippen LogP contribution < -0.4 is 15.4 Å². The van der Waals surface area contributed by atoms with Crippen LogP contribution in [0.5, 0.6) is 5.75 Å². The van der Waals surface area contributed by atoms with Crippen LogP contribution in [0.3, 0.4) is 0 Å². The van der Waals surface area contributed by atoms with Gasteiger partial charge < -0.3 is 15.4 Å². The molecule has 1 saturated heterocycles. The van der Waals surface area contributed by atoms with E-state index in [1.807, 2.05) is 6.92 Å². The molecule has 8 heteroatoms. The summed E-state index contributed by atoms with van der Waals surface area (Å²) in [7, 11) is 0. The lowest BCUT2D eigenvalue weighted by Crippen LogP contribution is -2.40. The highest BCUT2D eigenvalue weighted by Gasteiger charge is 2.22. The van der Waals surface area contributed by atoms with Crippen molar-refractivity contribution >= 4 is 29.9 Å². The number of likely N-dealkylation sites (N-methyl/N-ethyl adjacent to an activating group) is 1. The molecule has 148 valence electrons. The topological polar surface area (TPSA) is 48.9 Å². The maximum absolute atomic E-state index is 13.5. The molecule has 2 N–H and O–H groups in total. The van der Waals surface area contributed by atoms with Crippen molar-refractivity contribution in [3.8, 4) is 5.75 Å². The fourth-order valence-electron chi connectivity index (χ4n) is 2.98. The molecule has 0 aromatic heterocycles. The van der Waals surface area contributed by atoms with Crippen molar-refractivity contribution in [3.63, 3.8) is 0 Å². The Bertz CT molecular complexity index is 574. The van der Waals surface area contributed by atoms with Crippen LogP contribution in [0.25, 0.3) is 0 Å². The van der Waals surface area contributed by atoms with Gasteiger partial charge in [0.05, 0.1) is 13.1 Å². The largest absolute Gasteiger partial charge is 0.489 e. The van der Waals surface area contributed by atoms with E-state index in [-0.39, 0.29) is 36.3 Å². The summed E-state index contributed by atoms with van der Waals surface area (Å²) >= 11 is 0. The van der Waals surface area contributed by atoms with Crippen molar-refractivity contribution in [1.29, 1.82) is 0 Å². The molecule has 2 rings (SSSR count). The highest BCUT2D eigenvalue weighted by molar-refractivity contribution is 14.0. The Kier molecular flexibility index (Phi) is 10.8. The van der Waals surface area contributed by atoms with Gasteiger partial charge >= 0.3 is 0 Å². The summed E-state index contributed by atoms with van der Waals surface area (Å²) in [6, 6.07) is 3.79. The number of ether oxygens (including phenoxy) is 1. The van der Waals surface area contributed by atoms with Crippen LogP contribution in [0.15, 0.2) is 23.2 Å². The van der Waals surface area contributed by atoms with Crippen molar-refractivity contribution in [2.75, 3.05) is 39.3 Å². The fraction of sp³-hybridized carbons (Fsp3) is 0.611. The van der Waals surface area contributed by atoms with Crippen molar-refractivity contribution in [1.82, 2.24) is 15.5 Å². The molecular formula is C18H29F2IN4O. The Hall–Kier alpha value is -1.16. The van der Waals surface area contributed by atoms with E-state index in [4.69, 9.17) is 4.74 Å². The highest BCUT2D eigenvalue weighted by atomic mass is 127. The lowest BCUT2D eigenvalue weighted by Gasteiger charge is -2.21. The molecule has 26 heavy (non-hydrogen) atoms. The van der Waals surface area contributed by atoms with E-state index >= 15 is 0 Å². The molecule has 0 radical (unpaired) electrons. The SMILES string of the molecule is CCNC(=NCC1CCCN1CC)NCCOc1ccc(F)cc1F.I. The van der Waals surface area contributed by atoms with Crippen molar-refractivity contribution in [2.45, 2.75) is 32.7 Å². The molecule has 1 aliphatic heterocycles. The van der Waals surface area contributed by atoms with Gasteiger partial charge in [0.2, 0.25) is 0 Å². The standard InChI is InChI=1S/C18H28F2N4O.HI/c1-3-21-18(23-13-15-6-5-10-24(15)4-2)22-9-11-25-17-8-7-14(19)12-16(17)20;/h7-8,12,15H,3-6,9-11,13H2,1-2H3,(H2,21,22,23);1H. The average Bonchev–Trinajstić information content (AvgIpc) is 3.05. The molecule has 1 heterocycles. The van der Waals surface area contributed by atoms with Crippen LogP contribution in [0.2, 0.25) is 0 Å². The van der Waals surface area contributed by atoms with Gasteiger partial charge in [0.15, 0.2) is 17.5 Å². The third kappa shape index (κ3) is 7.22. The van der Waals surface area contributed by atoms with E-state index in [0.717, 1.165) is 38.2 Å². The summed E-state index contributed by atoms with van der Waals surface area (Å²) in [5, 5.41) is 6.38. The van der Waals surface area contributed by atoms with Crippen LogP contribution >= 0.6 is 24.0 Å². The fourth-order valence-corrected chi connectivity index (χ4v) is 2.98. The molecule has 5 nitrogen and oxygen atoms in total. The Labute approximate surface area is 171 Å². The van der Waals surface area contributed by atoms with Crippen molar-refractivity contribution in [2.24, 2.45) is 4.99 Å². The van der Waals surface area contributed by atoms with Crippen LogP contribution in [-0.4, -0.2) is 56.2 Å².